The molecule has 1 aliphatic rings. The lowest BCUT2D eigenvalue weighted by Crippen LogP contribution is -2.28. The normalized spacial score (nSPS) is 27.4. The van der Waals surface area contributed by atoms with Crippen molar-refractivity contribution in [3.63, 3.8) is 0 Å². The maximum Gasteiger partial charge on any atom is 0.287 e. The first-order valence-corrected chi connectivity index (χ1v) is 6.94. The van der Waals surface area contributed by atoms with Crippen LogP contribution in [0.4, 0.5) is 5.69 Å². The Balaban J connectivity index is 2.20. The lowest BCUT2D eigenvalue weighted by molar-refractivity contribution is 0.435. The summed E-state index contributed by atoms with van der Waals surface area (Å²) in [6.45, 7) is 6.92. The van der Waals surface area contributed by atoms with Gasteiger partial charge in [-0.15, -0.1) is 0 Å². The molecule has 0 radical (unpaired) electrons. The van der Waals surface area contributed by atoms with Crippen LogP contribution in [0.25, 0.3) is 0 Å². The van der Waals surface area contributed by atoms with Crippen molar-refractivity contribution in [3.05, 3.63) is 21.6 Å². The van der Waals surface area contributed by atoms with Crippen LogP contribution < -0.4 is 10.9 Å². The minimum Gasteiger partial charge on any atom is -0.379 e. The molecule has 0 aromatic carbocycles. The van der Waals surface area contributed by atoms with Crippen LogP contribution in [-0.4, -0.2) is 15.8 Å². The van der Waals surface area contributed by atoms with Crippen molar-refractivity contribution in [1.82, 2.24) is 9.78 Å². The molecule has 0 bridgehead atoms. The molecule has 0 saturated heterocycles. The van der Waals surface area contributed by atoms with E-state index in [1.807, 2.05) is 6.92 Å². The molecule has 1 aromatic heterocycles. The first kappa shape index (κ1) is 13.4. The quantitative estimate of drug-likeness (QED) is 0.918. The van der Waals surface area contributed by atoms with Crippen molar-refractivity contribution < 1.29 is 0 Å². The van der Waals surface area contributed by atoms with Crippen LogP contribution >= 0.6 is 11.6 Å². The summed E-state index contributed by atoms with van der Waals surface area (Å²) in [5.41, 5.74) is 0.445. The zero-order chi connectivity index (χ0) is 13.3. The van der Waals surface area contributed by atoms with Crippen molar-refractivity contribution in [2.24, 2.45) is 11.8 Å². The molecule has 4 nitrogen and oxygen atoms in total. The van der Waals surface area contributed by atoms with Gasteiger partial charge in [0.15, 0.2) is 0 Å². The Morgan fingerprint density at radius 3 is 2.78 bits per heavy atom. The molecule has 18 heavy (non-hydrogen) atoms. The number of halogens is 1. The highest BCUT2D eigenvalue weighted by Gasteiger charge is 2.30. The number of nitrogens with zero attached hydrogens (tertiary/aromatic N) is 2. The fourth-order valence-corrected chi connectivity index (χ4v) is 2.76. The molecule has 1 heterocycles. The molecule has 1 aromatic rings. The van der Waals surface area contributed by atoms with Gasteiger partial charge in [0.2, 0.25) is 0 Å². The minimum absolute atomic E-state index is 0.220. The van der Waals surface area contributed by atoms with E-state index in [1.165, 1.54) is 11.1 Å². The summed E-state index contributed by atoms with van der Waals surface area (Å²) in [5.74, 6) is 1.31. The molecular formula is C13H20ClN3O. The zero-order valence-corrected chi connectivity index (χ0v) is 11.9. The van der Waals surface area contributed by atoms with Gasteiger partial charge in [0.25, 0.3) is 5.56 Å². The van der Waals surface area contributed by atoms with Gasteiger partial charge in [0, 0.05) is 12.6 Å². The van der Waals surface area contributed by atoms with Gasteiger partial charge in [-0.25, -0.2) is 4.68 Å². The van der Waals surface area contributed by atoms with Crippen LogP contribution in [-0.2, 0) is 6.54 Å². The summed E-state index contributed by atoms with van der Waals surface area (Å²) in [7, 11) is 0. The molecule has 100 valence electrons. The molecule has 3 unspecified atom stereocenters. The third-order valence-electron chi connectivity index (χ3n) is 4.09. The SMILES string of the molecule is CCn1ncc(NC2CCC(C)C2C)c(Cl)c1=O. The summed E-state index contributed by atoms with van der Waals surface area (Å²) in [6.07, 6.45) is 3.99. The van der Waals surface area contributed by atoms with E-state index in [9.17, 15) is 4.79 Å². The molecule has 1 N–H and O–H groups in total. The predicted molar refractivity (Wildman–Crippen MR) is 74.2 cm³/mol. The Kier molecular flexibility index (Phi) is 3.95. The maximum atomic E-state index is 11.9. The van der Waals surface area contributed by atoms with Gasteiger partial charge < -0.3 is 5.32 Å². The van der Waals surface area contributed by atoms with Crippen molar-refractivity contribution in [1.29, 1.82) is 0 Å². The van der Waals surface area contributed by atoms with Gasteiger partial charge in [-0.3, -0.25) is 4.79 Å². The first-order chi connectivity index (χ1) is 8.54. The molecule has 0 spiro atoms. The van der Waals surface area contributed by atoms with E-state index >= 15 is 0 Å². The molecule has 5 heteroatoms. The van der Waals surface area contributed by atoms with Gasteiger partial charge in [-0.05, 0) is 31.6 Å². The Morgan fingerprint density at radius 2 is 2.22 bits per heavy atom. The largest absolute Gasteiger partial charge is 0.379 e. The Labute approximate surface area is 112 Å². The van der Waals surface area contributed by atoms with Crippen molar-refractivity contribution in [3.8, 4) is 0 Å². The molecule has 2 rings (SSSR count). The third-order valence-corrected chi connectivity index (χ3v) is 4.46. The number of rotatable bonds is 3. The summed E-state index contributed by atoms with van der Waals surface area (Å²) in [4.78, 5) is 11.9. The highest BCUT2D eigenvalue weighted by molar-refractivity contribution is 6.32. The second-order valence-electron chi connectivity index (χ2n) is 5.16. The number of hydrogen-bond donors (Lipinski definition) is 1. The fraction of sp³-hybridized carbons (Fsp3) is 0.692. The van der Waals surface area contributed by atoms with Gasteiger partial charge in [0.05, 0.1) is 11.9 Å². The van der Waals surface area contributed by atoms with E-state index in [4.69, 9.17) is 11.6 Å². The smallest absolute Gasteiger partial charge is 0.287 e. The number of hydrogen-bond acceptors (Lipinski definition) is 3. The maximum absolute atomic E-state index is 11.9. The fourth-order valence-electron chi connectivity index (χ4n) is 2.56. The second-order valence-corrected chi connectivity index (χ2v) is 5.54. The lowest BCUT2D eigenvalue weighted by Gasteiger charge is -2.21. The molecule has 1 saturated carbocycles. The van der Waals surface area contributed by atoms with Crippen molar-refractivity contribution >= 4 is 17.3 Å². The molecule has 0 aliphatic heterocycles. The topological polar surface area (TPSA) is 46.9 Å². The Bertz CT molecular complexity index is 486. The molecule has 1 fully saturated rings. The highest BCUT2D eigenvalue weighted by Crippen LogP contribution is 2.33. The van der Waals surface area contributed by atoms with E-state index in [1.54, 1.807) is 6.20 Å². The summed E-state index contributed by atoms with van der Waals surface area (Å²) < 4.78 is 1.37. The summed E-state index contributed by atoms with van der Waals surface area (Å²) in [6, 6.07) is 0.385. The monoisotopic (exact) mass is 269 g/mol. The molecular weight excluding hydrogens is 250 g/mol. The van der Waals surface area contributed by atoms with Crippen molar-refractivity contribution in [2.45, 2.75) is 46.2 Å². The van der Waals surface area contributed by atoms with Crippen LogP contribution in [0.5, 0.6) is 0 Å². The first-order valence-electron chi connectivity index (χ1n) is 6.56. The number of aryl methyl sites for hydroxylation is 1. The predicted octanol–water partition coefficient (Wildman–Crippen LogP) is 2.76. The van der Waals surface area contributed by atoms with E-state index < -0.39 is 0 Å². The highest BCUT2D eigenvalue weighted by atomic mass is 35.5. The van der Waals surface area contributed by atoms with Crippen LogP contribution in [0.3, 0.4) is 0 Å². The van der Waals surface area contributed by atoms with Gasteiger partial charge in [0.1, 0.15) is 5.02 Å². The van der Waals surface area contributed by atoms with Crippen LogP contribution in [0.15, 0.2) is 11.0 Å². The second kappa shape index (κ2) is 5.31. The number of nitrogens with one attached hydrogen (secondary N) is 1. The molecule has 1 aliphatic carbocycles. The average Bonchev–Trinajstić information content (AvgIpc) is 2.67. The average molecular weight is 270 g/mol. The van der Waals surface area contributed by atoms with Crippen molar-refractivity contribution in [2.75, 3.05) is 5.32 Å². The zero-order valence-electron chi connectivity index (χ0n) is 11.1. The van der Waals surface area contributed by atoms with Gasteiger partial charge in [-0.1, -0.05) is 25.4 Å². The van der Waals surface area contributed by atoms with Crippen LogP contribution in [0.1, 0.15) is 33.6 Å². The third kappa shape index (κ3) is 2.39. The van der Waals surface area contributed by atoms with E-state index in [0.717, 1.165) is 6.42 Å². The van der Waals surface area contributed by atoms with E-state index in [0.29, 0.717) is 30.1 Å². The lowest BCUT2D eigenvalue weighted by atomic mass is 9.98. The molecule has 0 amide bonds. The standard InChI is InChI=1S/C13H20ClN3O/c1-4-17-13(18)12(14)11(7-15-17)16-10-6-5-8(2)9(10)3/h7-10,16H,4-6H2,1-3H3. The molecule has 3 atom stereocenters. The Hall–Kier alpha value is -1.03. The van der Waals surface area contributed by atoms with Crippen LogP contribution in [0, 0.1) is 11.8 Å². The van der Waals surface area contributed by atoms with Crippen LogP contribution in [0.2, 0.25) is 5.02 Å². The number of anilines is 1. The minimum atomic E-state index is -0.220. The number of aromatic nitrogens is 2. The van der Waals surface area contributed by atoms with Gasteiger partial charge in [-0.2, -0.15) is 5.10 Å². The Morgan fingerprint density at radius 1 is 1.50 bits per heavy atom. The van der Waals surface area contributed by atoms with Gasteiger partial charge >= 0.3 is 0 Å². The van der Waals surface area contributed by atoms with E-state index in [-0.39, 0.29) is 10.6 Å². The summed E-state index contributed by atoms with van der Waals surface area (Å²) in [5, 5.41) is 7.72. The summed E-state index contributed by atoms with van der Waals surface area (Å²) >= 11 is 6.10. The van der Waals surface area contributed by atoms with E-state index in [2.05, 4.69) is 24.3 Å².